The second-order valence-electron chi connectivity index (χ2n) is 4.52. The van der Waals surface area contributed by atoms with E-state index in [1.54, 1.807) is 16.7 Å². The van der Waals surface area contributed by atoms with Crippen LogP contribution in [0, 0.1) is 0 Å². The second-order valence-corrected chi connectivity index (χ2v) is 4.52. The molecule has 1 aromatic carbocycles. The van der Waals surface area contributed by atoms with Crippen LogP contribution in [0.2, 0.25) is 0 Å². The van der Waals surface area contributed by atoms with Gasteiger partial charge in [-0.25, -0.2) is 4.98 Å². The van der Waals surface area contributed by atoms with Gasteiger partial charge in [0.1, 0.15) is 11.3 Å². The van der Waals surface area contributed by atoms with Gasteiger partial charge in [-0.2, -0.15) is 13.2 Å². The number of aryl methyl sites for hydroxylation is 1. The molecule has 0 atom stereocenters. The van der Waals surface area contributed by atoms with Gasteiger partial charge in [-0.1, -0.05) is 6.07 Å². The maximum Gasteiger partial charge on any atom is 0.389 e. The molecule has 2 N–H and O–H groups in total. The highest BCUT2D eigenvalue weighted by Crippen LogP contribution is 2.28. The van der Waals surface area contributed by atoms with Crippen LogP contribution in [0.1, 0.15) is 19.3 Å². The van der Waals surface area contributed by atoms with Crippen LogP contribution in [0.3, 0.4) is 0 Å². The molecule has 0 aliphatic carbocycles. The lowest BCUT2D eigenvalue weighted by molar-refractivity contribution is -0.135. The molecule has 20 heavy (non-hydrogen) atoms. The number of nitrogens with two attached hydrogens (primary N) is 1. The molecule has 1 aromatic heterocycles. The summed E-state index contributed by atoms with van der Waals surface area (Å²) in [4.78, 5) is 4.20. The van der Waals surface area contributed by atoms with Crippen LogP contribution < -0.4 is 10.5 Å². The van der Waals surface area contributed by atoms with Crippen molar-refractivity contribution >= 4 is 17.0 Å². The molecule has 0 bridgehead atoms. The molecule has 0 saturated carbocycles. The number of rotatable bonds is 5. The summed E-state index contributed by atoms with van der Waals surface area (Å²) >= 11 is 0. The van der Waals surface area contributed by atoms with Gasteiger partial charge < -0.3 is 15.0 Å². The number of halogens is 3. The van der Waals surface area contributed by atoms with Gasteiger partial charge in [0.05, 0.1) is 12.6 Å². The quantitative estimate of drug-likeness (QED) is 0.858. The number of nitrogen functional groups attached to an aromatic ring is 1. The number of fused-ring (bicyclic) bond motifs is 1. The van der Waals surface area contributed by atoms with Crippen molar-refractivity contribution in [3.8, 4) is 5.75 Å². The molecular weight excluding hydrogens is 271 g/mol. The Morgan fingerprint density at radius 3 is 2.70 bits per heavy atom. The number of alkyl halides is 3. The van der Waals surface area contributed by atoms with E-state index in [0.717, 1.165) is 5.52 Å². The van der Waals surface area contributed by atoms with Crippen LogP contribution in [0.25, 0.3) is 11.0 Å². The van der Waals surface area contributed by atoms with Crippen LogP contribution in [0.5, 0.6) is 5.75 Å². The van der Waals surface area contributed by atoms with Gasteiger partial charge in [-0.3, -0.25) is 0 Å². The number of methoxy groups -OCH3 is 1. The zero-order valence-corrected chi connectivity index (χ0v) is 11.1. The van der Waals surface area contributed by atoms with Gasteiger partial charge in [0.25, 0.3) is 0 Å². The van der Waals surface area contributed by atoms with Crippen molar-refractivity contribution in [2.75, 3.05) is 12.8 Å². The van der Waals surface area contributed by atoms with Crippen LogP contribution in [0.4, 0.5) is 19.1 Å². The molecule has 0 aliphatic heterocycles. The van der Waals surface area contributed by atoms with E-state index >= 15 is 0 Å². The largest absolute Gasteiger partial charge is 0.494 e. The molecule has 110 valence electrons. The van der Waals surface area contributed by atoms with Crippen LogP contribution in [0.15, 0.2) is 18.2 Å². The average Bonchev–Trinajstić information content (AvgIpc) is 2.69. The van der Waals surface area contributed by atoms with Crippen molar-refractivity contribution in [3.05, 3.63) is 18.2 Å². The summed E-state index contributed by atoms with van der Waals surface area (Å²) in [5, 5.41) is 0. The molecule has 0 unspecified atom stereocenters. The lowest BCUT2D eigenvalue weighted by atomic mass is 10.2. The summed E-state index contributed by atoms with van der Waals surface area (Å²) in [5.74, 6) is 0.889. The van der Waals surface area contributed by atoms with E-state index in [4.69, 9.17) is 10.5 Å². The summed E-state index contributed by atoms with van der Waals surface area (Å²) in [6.07, 6.45) is -4.41. The third-order valence-electron chi connectivity index (χ3n) is 3.08. The van der Waals surface area contributed by atoms with Crippen molar-refractivity contribution in [2.24, 2.45) is 0 Å². The fraction of sp³-hybridized carbons (Fsp3) is 0.462. The fourth-order valence-corrected chi connectivity index (χ4v) is 2.13. The third-order valence-corrected chi connectivity index (χ3v) is 3.08. The molecule has 0 saturated heterocycles. The molecule has 2 aromatic rings. The van der Waals surface area contributed by atoms with Crippen molar-refractivity contribution in [1.29, 1.82) is 0 Å². The first kappa shape index (κ1) is 14.5. The molecule has 0 radical (unpaired) electrons. The smallest absolute Gasteiger partial charge is 0.389 e. The van der Waals surface area contributed by atoms with Gasteiger partial charge in [0.15, 0.2) is 0 Å². The number of imidazole rings is 1. The van der Waals surface area contributed by atoms with E-state index in [0.29, 0.717) is 24.2 Å². The lowest BCUT2D eigenvalue weighted by Crippen LogP contribution is -2.08. The van der Waals surface area contributed by atoms with E-state index in [2.05, 4.69) is 4.98 Å². The van der Waals surface area contributed by atoms with E-state index in [1.165, 1.54) is 7.11 Å². The molecule has 4 nitrogen and oxygen atoms in total. The van der Waals surface area contributed by atoms with Crippen molar-refractivity contribution < 1.29 is 17.9 Å². The number of hydrogen-bond donors (Lipinski definition) is 1. The maximum absolute atomic E-state index is 12.1. The van der Waals surface area contributed by atoms with Crippen molar-refractivity contribution in [2.45, 2.75) is 32.0 Å². The molecule has 0 spiro atoms. The van der Waals surface area contributed by atoms with Crippen molar-refractivity contribution in [1.82, 2.24) is 9.55 Å². The molecule has 1 heterocycles. The molecule has 7 heteroatoms. The Bertz CT molecular complexity index is 592. The fourth-order valence-electron chi connectivity index (χ4n) is 2.13. The highest BCUT2D eigenvalue weighted by molar-refractivity contribution is 5.84. The predicted molar refractivity (Wildman–Crippen MR) is 70.6 cm³/mol. The predicted octanol–water partition coefficient (Wildman–Crippen LogP) is 3.36. The first-order valence-electron chi connectivity index (χ1n) is 6.28. The molecule has 2 rings (SSSR count). The molecule has 0 amide bonds. The van der Waals surface area contributed by atoms with Crippen LogP contribution in [-0.4, -0.2) is 22.8 Å². The summed E-state index contributed by atoms with van der Waals surface area (Å²) in [6, 6.07) is 5.39. The monoisotopic (exact) mass is 287 g/mol. The number of para-hydroxylation sites is 1. The first-order valence-corrected chi connectivity index (χ1v) is 6.28. The van der Waals surface area contributed by atoms with E-state index in [-0.39, 0.29) is 12.4 Å². The summed E-state index contributed by atoms with van der Waals surface area (Å²) in [6.45, 7) is 0.408. The highest BCUT2D eigenvalue weighted by atomic mass is 19.4. The zero-order chi connectivity index (χ0) is 14.8. The summed E-state index contributed by atoms with van der Waals surface area (Å²) in [5.41, 5.74) is 7.22. The first-order chi connectivity index (χ1) is 9.42. The Labute approximate surface area is 114 Å². The number of hydrogen-bond acceptors (Lipinski definition) is 3. The number of nitrogens with zero attached hydrogens (tertiary/aromatic N) is 2. The van der Waals surface area contributed by atoms with E-state index in [1.807, 2.05) is 6.07 Å². The second kappa shape index (κ2) is 5.60. The topological polar surface area (TPSA) is 53.1 Å². The molecule has 0 fully saturated rings. The number of unbranched alkanes of at least 4 members (excludes halogenated alkanes) is 1. The Balaban J connectivity index is 2.12. The number of ether oxygens (including phenoxy) is 1. The minimum Gasteiger partial charge on any atom is -0.494 e. The molecule has 0 aliphatic rings. The Morgan fingerprint density at radius 2 is 2.05 bits per heavy atom. The van der Waals surface area contributed by atoms with Gasteiger partial charge in [0.2, 0.25) is 5.95 Å². The van der Waals surface area contributed by atoms with Gasteiger partial charge >= 0.3 is 6.18 Å². The van der Waals surface area contributed by atoms with Gasteiger partial charge in [0, 0.05) is 13.0 Å². The Morgan fingerprint density at radius 1 is 1.30 bits per heavy atom. The van der Waals surface area contributed by atoms with Gasteiger partial charge in [-0.15, -0.1) is 0 Å². The zero-order valence-electron chi connectivity index (χ0n) is 11.1. The maximum atomic E-state index is 12.1. The van der Waals surface area contributed by atoms with E-state index in [9.17, 15) is 13.2 Å². The Hall–Kier alpha value is -1.92. The van der Waals surface area contributed by atoms with Crippen LogP contribution in [-0.2, 0) is 6.54 Å². The van der Waals surface area contributed by atoms with Crippen LogP contribution >= 0.6 is 0 Å². The number of benzene rings is 1. The SMILES string of the molecule is COc1cccc2c1nc(N)n2CCCCC(F)(F)F. The highest BCUT2D eigenvalue weighted by Gasteiger charge is 2.25. The minimum atomic E-state index is -4.11. The third kappa shape index (κ3) is 3.15. The normalized spacial score (nSPS) is 12.0. The minimum absolute atomic E-state index is 0.0760. The summed E-state index contributed by atoms with van der Waals surface area (Å²) in [7, 11) is 1.54. The Kier molecular flexibility index (Phi) is 4.06. The average molecular weight is 287 g/mol. The van der Waals surface area contributed by atoms with Crippen molar-refractivity contribution in [3.63, 3.8) is 0 Å². The van der Waals surface area contributed by atoms with E-state index < -0.39 is 12.6 Å². The standard InChI is InChI=1S/C13H16F3N3O/c1-20-10-6-4-5-9-11(10)18-12(17)19(9)8-3-2-7-13(14,15)16/h4-6H,2-3,7-8H2,1H3,(H2,17,18). The molecular formula is C13H16F3N3O. The summed E-state index contributed by atoms with van der Waals surface area (Å²) < 4.78 is 43.2. The number of anilines is 1. The lowest BCUT2D eigenvalue weighted by Gasteiger charge is -2.08. The number of aromatic nitrogens is 2. The van der Waals surface area contributed by atoms with Gasteiger partial charge in [-0.05, 0) is 25.0 Å².